The number of nitrogens with zero attached hydrogens (tertiary/aromatic N) is 2. The second-order valence-corrected chi connectivity index (χ2v) is 5.39. The summed E-state index contributed by atoms with van der Waals surface area (Å²) in [5, 5.41) is 0. The van der Waals surface area contributed by atoms with Crippen molar-refractivity contribution in [1.82, 2.24) is 9.55 Å². The van der Waals surface area contributed by atoms with Crippen LogP contribution in [0.1, 0.15) is 17.8 Å². The van der Waals surface area contributed by atoms with Gasteiger partial charge in [-0.15, -0.1) is 0 Å². The molecule has 0 amide bonds. The summed E-state index contributed by atoms with van der Waals surface area (Å²) in [5.74, 6) is 2.05. The Balaban J connectivity index is 1.70. The molecule has 1 unspecified atom stereocenters. The molecule has 1 aromatic carbocycles. The number of aryl methyl sites for hydroxylation is 2. The lowest BCUT2D eigenvalue weighted by Crippen LogP contribution is -2.50. The van der Waals surface area contributed by atoms with Crippen molar-refractivity contribution in [2.24, 2.45) is 12.8 Å². The summed E-state index contributed by atoms with van der Waals surface area (Å²) >= 11 is 0. The summed E-state index contributed by atoms with van der Waals surface area (Å²) in [5.41, 5.74) is 7.39. The highest BCUT2D eigenvalue weighted by Gasteiger charge is 2.31. The van der Waals surface area contributed by atoms with Crippen molar-refractivity contribution < 1.29 is 4.74 Å². The van der Waals surface area contributed by atoms with Crippen LogP contribution in [-0.2, 0) is 19.9 Å². The van der Waals surface area contributed by atoms with Gasteiger partial charge in [0.15, 0.2) is 0 Å². The molecule has 0 aliphatic carbocycles. The SMILES string of the molecule is Cn1ccnc1CCC1(N)COc2ccccc2C1. The highest BCUT2D eigenvalue weighted by atomic mass is 16.5. The van der Waals surface area contributed by atoms with E-state index in [1.54, 1.807) is 0 Å². The zero-order chi connectivity index (χ0) is 13.3. The van der Waals surface area contributed by atoms with Gasteiger partial charge in [0.1, 0.15) is 18.2 Å². The van der Waals surface area contributed by atoms with Crippen molar-refractivity contribution in [2.45, 2.75) is 24.8 Å². The summed E-state index contributed by atoms with van der Waals surface area (Å²) < 4.78 is 7.83. The zero-order valence-electron chi connectivity index (χ0n) is 11.2. The van der Waals surface area contributed by atoms with Crippen LogP contribution in [0.15, 0.2) is 36.7 Å². The maximum absolute atomic E-state index is 6.48. The normalized spacial score (nSPS) is 21.8. The zero-order valence-corrected chi connectivity index (χ0v) is 11.2. The van der Waals surface area contributed by atoms with Crippen LogP contribution in [0.4, 0.5) is 0 Å². The number of ether oxygens (including phenoxy) is 1. The molecule has 1 aliphatic heterocycles. The Hall–Kier alpha value is -1.81. The number of benzene rings is 1. The van der Waals surface area contributed by atoms with E-state index in [1.165, 1.54) is 5.56 Å². The van der Waals surface area contributed by atoms with Gasteiger partial charge >= 0.3 is 0 Å². The fourth-order valence-electron chi connectivity index (χ4n) is 2.60. The molecule has 100 valence electrons. The van der Waals surface area contributed by atoms with Gasteiger partial charge in [0, 0.05) is 25.9 Å². The molecule has 3 rings (SSSR count). The van der Waals surface area contributed by atoms with Crippen LogP contribution in [0, 0.1) is 0 Å². The first-order chi connectivity index (χ1) is 9.16. The topological polar surface area (TPSA) is 53.1 Å². The third kappa shape index (κ3) is 2.49. The number of para-hydroxylation sites is 1. The van der Waals surface area contributed by atoms with E-state index in [9.17, 15) is 0 Å². The standard InChI is InChI=1S/C15H19N3O/c1-18-9-8-17-14(18)6-7-15(16)10-12-4-2-3-5-13(12)19-11-15/h2-5,8-9H,6-7,10-11,16H2,1H3. The van der Waals surface area contributed by atoms with Gasteiger partial charge in [0.2, 0.25) is 0 Å². The maximum Gasteiger partial charge on any atom is 0.122 e. The molecular weight excluding hydrogens is 238 g/mol. The lowest BCUT2D eigenvalue weighted by Gasteiger charge is -2.34. The predicted molar refractivity (Wildman–Crippen MR) is 74.1 cm³/mol. The summed E-state index contributed by atoms with van der Waals surface area (Å²) in [6.07, 6.45) is 6.42. The molecule has 1 aromatic heterocycles. The summed E-state index contributed by atoms with van der Waals surface area (Å²) in [7, 11) is 2.01. The van der Waals surface area contributed by atoms with Crippen LogP contribution in [-0.4, -0.2) is 21.7 Å². The predicted octanol–water partition coefficient (Wildman–Crippen LogP) is 1.69. The minimum atomic E-state index is -0.291. The smallest absolute Gasteiger partial charge is 0.122 e. The van der Waals surface area contributed by atoms with Crippen molar-refractivity contribution in [1.29, 1.82) is 0 Å². The van der Waals surface area contributed by atoms with Gasteiger partial charge in [-0.1, -0.05) is 18.2 Å². The number of fused-ring (bicyclic) bond motifs is 1. The molecule has 4 nitrogen and oxygen atoms in total. The van der Waals surface area contributed by atoms with Crippen molar-refractivity contribution in [2.75, 3.05) is 6.61 Å². The van der Waals surface area contributed by atoms with Gasteiger partial charge < -0.3 is 15.0 Å². The molecule has 0 spiro atoms. The van der Waals surface area contributed by atoms with Crippen LogP contribution in [0.2, 0.25) is 0 Å². The minimum absolute atomic E-state index is 0.291. The molecule has 0 fully saturated rings. The van der Waals surface area contributed by atoms with Gasteiger partial charge in [-0.05, 0) is 24.5 Å². The Morgan fingerprint density at radius 2 is 2.26 bits per heavy atom. The average molecular weight is 257 g/mol. The van der Waals surface area contributed by atoms with E-state index in [0.717, 1.165) is 30.8 Å². The summed E-state index contributed by atoms with van der Waals surface area (Å²) in [6.45, 7) is 0.578. The fourth-order valence-corrected chi connectivity index (χ4v) is 2.60. The van der Waals surface area contributed by atoms with Crippen molar-refractivity contribution >= 4 is 0 Å². The molecule has 1 aliphatic rings. The van der Waals surface area contributed by atoms with Crippen LogP contribution in [0.5, 0.6) is 5.75 Å². The molecule has 4 heteroatoms. The van der Waals surface area contributed by atoms with Gasteiger partial charge in [-0.2, -0.15) is 0 Å². The Morgan fingerprint density at radius 3 is 3.05 bits per heavy atom. The first kappa shape index (κ1) is 12.2. The summed E-state index contributed by atoms with van der Waals surface area (Å²) in [4.78, 5) is 4.34. The molecule has 19 heavy (non-hydrogen) atoms. The van der Waals surface area contributed by atoms with Gasteiger partial charge in [0.05, 0.1) is 5.54 Å². The van der Waals surface area contributed by atoms with Crippen LogP contribution in [0.3, 0.4) is 0 Å². The molecule has 0 saturated heterocycles. The lowest BCUT2D eigenvalue weighted by molar-refractivity contribution is 0.181. The van der Waals surface area contributed by atoms with Crippen molar-refractivity contribution in [3.63, 3.8) is 0 Å². The third-order valence-corrected chi connectivity index (χ3v) is 3.80. The average Bonchev–Trinajstić information content (AvgIpc) is 2.82. The highest BCUT2D eigenvalue weighted by molar-refractivity contribution is 5.36. The number of hydrogen-bond donors (Lipinski definition) is 1. The molecule has 0 bridgehead atoms. The first-order valence-electron chi connectivity index (χ1n) is 6.62. The Bertz CT molecular complexity index is 578. The molecule has 0 saturated carbocycles. The monoisotopic (exact) mass is 257 g/mol. The minimum Gasteiger partial charge on any atom is -0.491 e. The van der Waals surface area contributed by atoms with E-state index in [-0.39, 0.29) is 5.54 Å². The molecular formula is C15H19N3O. The van der Waals surface area contributed by atoms with Crippen molar-refractivity contribution in [3.05, 3.63) is 48.0 Å². The van der Waals surface area contributed by atoms with Crippen molar-refractivity contribution in [3.8, 4) is 5.75 Å². The van der Waals surface area contributed by atoms with E-state index in [4.69, 9.17) is 10.5 Å². The van der Waals surface area contributed by atoms with Crippen LogP contribution < -0.4 is 10.5 Å². The number of aromatic nitrogens is 2. The molecule has 2 heterocycles. The molecule has 2 aromatic rings. The summed E-state index contributed by atoms with van der Waals surface area (Å²) in [6, 6.07) is 8.13. The van der Waals surface area contributed by atoms with Gasteiger partial charge in [0.25, 0.3) is 0 Å². The first-order valence-corrected chi connectivity index (χ1v) is 6.62. The number of hydrogen-bond acceptors (Lipinski definition) is 3. The number of nitrogens with two attached hydrogens (primary N) is 1. The van der Waals surface area contributed by atoms with Gasteiger partial charge in [-0.3, -0.25) is 0 Å². The van der Waals surface area contributed by atoms with E-state index in [2.05, 4.69) is 11.1 Å². The van der Waals surface area contributed by atoms with E-state index in [1.807, 2.05) is 42.2 Å². The maximum atomic E-state index is 6.48. The van der Waals surface area contributed by atoms with E-state index < -0.39 is 0 Å². The Kier molecular flexibility index (Phi) is 3.03. The second kappa shape index (κ2) is 4.70. The quantitative estimate of drug-likeness (QED) is 0.910. The largest absolute Gasteiger partial charge is 0.491 e. The fraction of sp³-hybridized carbons (Fsp3) is 0.400. The lowest BCUT2D eigenvalue weighted by atomic mass is 9.86. The van der Waals surface area contributed by atoms with E-state index in [0.29, 0.717) is 6.61 Å². The van der Waals surface area contributed by atoms with Crippen LogP contribution >= 0.6 is 0 Å². The highest BCUT2D eigenvalue weighted by Crippen LogP contribution is 2.30. The Morgan fingerprint density at radius 1 is 1.42 bits per heavy atom. The molecule has 0 radical (unpaired) electrons. The Labute approximate surface area is 113 Å². The number of rotatable bonds is 3. The third-order valence-electron chi connectivity index (χ3n) is 3.80. The second-order valence-electron chi connectivity index (χ2n) is 5.39. The number of imidazole rings is 1. The van der Waals surface area contributed by atoms with Crippen LogP contribution in [0.25, 0.3) is 0 Å². The van der Waals surface area contributed by atoms with Gasteiger partial charge in [-0.25, -0.2) is 4.98 Å². The molecule has 2 N–H and O–H groups in total. The molecule has 1 atom stereocenters. The van der Waals surface area contributed by atoms with E-state index >= 15 is 0 Å².